The number of benzene rings is 1. The molecule has 0 saturated heterocycles. The molecule has 0 bridgehead atoms. The number of aromatic amines is 1. The molecule has 0 spiro atoms. The van der Waals surface area contributed by atoms with Crippen LogP contribution in [0.4, 0.5) is 0 Å². The molecule has 0 unspecified atom stereocenters. The zero-order chi connectivity index (χ0) is 12.5. The Labute approximate surface area is 112 Å². The van der Waals surface area contributed by atoms with Crippen molar-refractivity contribution in [2.75, 3.05) is 0 Å². The third-order valence-electron chi connectivity index (χ3n) is 3.64. The lowest BCUT2D eigenvalue weighted by atomic mass is 9.79. The van der Waals surface area contributed by atoms with E-state index in [9.17, 15) is 0 Å². The van der Waals surface area contributed by atoms with Crippen molar-refractivity contribution < 1.29 is 0 Å². The molecule has 2 aromatic rings. The van der Waals surface area contributed by atoms with E-state index in [-0.39, 0.29) is 0 Å². The van der Waals surface area contributed by atoms with Crippen LogP contribution >= 0.6 is 12.2 Å². The van der Waals surface area contributed by atoms with Crippen LogP contribution in [0.1, 0.15) is 36.4 Å². The van der Waals surface area contributed by atoms with E-state index in [2.05, 4.69) is 40.3 Å². The highest BCUT2D eigenvalue weighted by Gasteiger charge is 2.19. The minimum atomic E-state index is 0.555. The van der Waals surface area contributed by atoms with E-state index >= 15 is 0 Å². The predicted octanol–water partition coefficient (Wildman–Crippen LogP) is 4.38. The fourth-order valence-electron chi connectivity index (χ4n) is 2.42. The van der Waals surface area contributed by atoms with Crippen molar-refractivity contribution in [2.24, 2.45) is 0 Å². The van der Waals surface area contributed by atoms with Gasteiger partial charge in [-0.2, -0.15) is 0 Å². The molecule has 3 heteroatoms. The summed E-state index contributed by atoms with van der Waals surface area (Å²) in [6.07, 6.45) is 4.01. The highest BCUT2D eigenvalue weighted by Crippen LogP contribution is 2.37. The monoisotopic (exact) mass is 256 g/mol. The Hall–Kier alpha value is -1.48. The third kappa shape index (κ3) is 2.23. The molecule has 1 aromatic heterocycles. The van der Waals surface area contributed by atoms with E-state index in [1.807, 2.05) is 6.92 Å². The van der Waals surface area contributed by atoms with E-state index in [0.29, 0.717) is 4.77 Å². The standard InChI is InChI=1S/C15H16N2S/c1-10-8-14(17-15(18)16-10)13-7-3-6-12(9-13)11-4-2-5-11/h3,6-9,11H,2,4-5H2,1H3,(H,16,17,18). The molecule has 92 valence electrons. The van der Waals surface area contributed by atoms with Crippen molar-refractivity contribution in [3.8, 4) is 11.3 Å². The summed E-state index contributed by atoms with van der Waals surface area (Å²) >= 11 is 5.14. The van der Waals surface area contributed by atoms with Crippen LogP contribution in [-0.2, 0) is 0 Å². The van der Waals surface area contributed by atoms with Crippen LogP contribution in [0.3, 0.4) is 0 Å². The van der Waals surface area contributed by atoms with Gasteiger partial charge in [0.1, 0.15) is 0 Å². The largest absolute Gasteiger partial charge is 0.335 e. The van der Waals surface area contributed by atoms with Crippen molar-refractivity contribution in [1.82, 2.24) is 9.97 Å². The maximum atomic E-state index is 5.14. The minimum absolute atomic E-state index is 0.555. The lowest BCUT2D eigenvalue weighted by Gasteiger charge is -2.26. The lowest BCUT2D eigenvalue weighted by Crippen LogP contribution is -2.08. The SMILES string of the molecule is Cc1cc(-c2cccc(C3CCC3)c2)nc(=S)[nH]1. The number of hydrogen-bond acceptors (Lipinski definition) is 2. The second kappa shape index (κ2) is 4.65. The van der Waals surface area contributed by atoms with Crippen LogP contribution in [-0.4, -0.2) is 9.97 Å². The van der Waals surface area contributed by atoms with Gasteiger partial charge in [0, 0.05) is 11.3 Å². The van der Waals surface area contributed by atoms with Gasteiger partial charge in [-0.25, -0.2) is 4.98 Å². The Morgan fingerprint density at radius 2 is 2.11 bits per heavy atom. The molecule has 0 aliphatic heterocycles. The molecule has 1 N–H and O–H groups in total. The first-order valence-electron chi connectivity index (χ1n) is 6.41. The van der Waals surface area contributed by atoms with Gasteiger partial charge in [0.2, 0.25) is 0 Å². The highest BCUT2D eigenvalue weighted by molar-refractivity contribution is 7.71. The zero-order valence-corrected chi connectivity index (χ0v) is 11.3. The van der Waals surface area contributed by atoms with Gasteiger partial charge in [-0.05, 0) is 55.6 Å². The molecule has 1 aromatic carbocycles. The highest BCUT2D eigenvalue weighted by atomic mass is 32.1. The molecular weight excluding hydrogens is 240 g/mol. The minimum Gasteiger partial charge on any atom is -0.335 e. The summed E-state index contributed by atoms with van der Waals surface area (Å²) in [5.41, 5.74) is 4.64. The van der Waals surface area contributed by atoms with Gasteiger partial charge in [0.05, 0.1) is 5.69 Å². The molecule has 1 heterocycles. The summed E-state index contributed by atoms with van der Waals surface area (Å²) in [4.78, 5) is 7.45. The Balaban J connectivity index is 2.02. The molecule has 18 heavy (non-hydrogen) atoms. The first-order valence-corrected chi connectivity index (χ1v) is 6.81. The zero-order valence-electron chi connectivity index (χ0n) is 10.4. The van der Waals surface area contributed by atoms with Crippen LogP contribution in [0.15, 0.2) is 30.3 Å². The lowest BCUT2D eigenvalue weighted by molar-refractivity contribution is 0.420. The van der Waals surface area contributed by atoms with Crippen LogP contribution in [0.2, 0.25) is 0 Å². The van der Waals surface area contributed by atoms with Crippen LogP contribution in [0.5, 0.6) is 0 Å². The number of H-pyrrole nitrogens is 1. The van der Waals surface area contributed by atoms with Gasteiger partial charge >= 0.3 is 0 Å². The van der Waals surface area contributed by atoms with Crippen LogP contribution in [0.25, 0.3) is 11.3 Å². The van der Waals surface area contributed by atoms with E-state index in [1.54, 1.807) is 0 Å². The molecule has 0 radical (unpaired) electrons. The Morgan fingerprint density at radius 3 is 2.78 bits per heavy atom. The fourth-order valence-corrected chi connectivity index (χ4v) is 2.68. The molecule has 1 aliphatic carbocycles. The van der Waals surface area contributed by atoms with Gasteiger partial charge in [-0.1, -0.05) is 24.6 Å². The van der Waals surface area contributed by atoms with Gasteiger partial charge in [0.15, 0.2) is 4.77 Å². The van der Waals surface area contributed by atoms with Crippen molar-refractivity contribution in [3.63, 3.8) is 0 Å². The van der Waals surface area contributed by atoms with E-state index in [4.69, 9.17) is 12.2 Å². The molecule has 2 nitrogen and oxygen atoms in total. The summed E-state index contributed by atoms with van der Waals surface area (Å²) in [7, 11) is 0. The summed E-state index contributed by atoms with van der Waals surface area (Å²) < 4.78 is 0.555. The number of nitrogens with zero attached hydrogens (tertiary/aromatic N) is 1. The smallest absolute Gasteiger partial charge is 0.197 e. The Bertz CT molecular complexity index is 626. The predicted molar refractivity (Wildman–Crippen MR) is 76.2 cm³/mol. The van der Waals surface area contributed by atoms with Crippen molar-refractivity contribution in [3.05, 3.63) is 46.4 Å². The van der Waals surface area contributed by atoms with Gasteiger partial charge < -0.3 is 4.98 Å². The van der Waals surface area contributed by atoms with E-state index in [1.165, 1.54) is 30.4 Å². The number of aromatic nitrogens is 2. The summed E-state index contributed by atoms with van der Waals surface area (Å²) in [6.45, 7) is 2.01. The maximum Gasteiger partial charge on any atom is 0.197 e. The van der Waals surface area contributed by atoms with E-state index < -0.39 is 0 Å². The molecular formula is C15H16N2S. The molecule has 1 fully saturated rings. The van der Waals surface area contributed by atoms with Crippen molar-refractivity contribution in [1.29, 1.82) is 0 Å². The van der Waals surface area contributed by atoms with Crippen LogP contribution in [0, 0.1) is 11.7 Å². The third-order valence-corrected chi connectivity index (χ3v) is 3.83. The molecule has 0 atom stereocenters. The number of nitrogens with one attached hydrogen (secondary N) is 1. The molecule has 1 aliphatic rings. The second-order valence-corrected chi connectivity index (χ2v) is 5.39. The number of rotatable bonds is 2. The van der Waals surface area contributed by atoms with Gasteiger partial charge in [-0.15, -0.1) is 0 Å². The molecule has 0 amide bonds. The molecule has 3 rings (SSSR count). The quantitative estimate of drug-likeness (QED) is 0.808. The Morgan fingerprint density at radius 1 is 1.28 bits per heavy atom. The second-order valence-electron chi connectivity index (χ2n) is 5.01. The average Bonchev–Trinajstić information content (AvgIpc) is 2.26. The fraction of sp³-hybridized carbons (Fsp3) is 0.333. The van der Waals surface area contributed by atoms with Crippen molar-refractivity contribution >= 4 is 12.2 Å². The Kier molecular flexibility index (Phi) is 3.00. The number of aryl methyl sites for hydroxylation is 1. The summed E-state index contributed by atoms with van der Waals surface area (Å²) in [6, 6.07) is 10.8. The van der Waals surface area contributed by atoms with E-state index in [0.717, 1.165) is 17.3 Å². The first-order chi connectivity index (χ1) is 8.72. The number of hydrogen-bond donors (Lipinski definition) is 1. The van der Waals surface area contributed by atoms with Gasteiger partial charge in [-0.3, -0.25) is 0 Å². The van der Waals surface area contributed by atoms with Gasteiger partial charge in [0.25, 0.3) is 0 Å². The maximum absolute atomic E-state index is 5.14. The molecule has 1 saturated carbocycles. The topological polar surface area (TPSA) is 28.7 Å². The van der Waals surface area contributed by atoms with Crippen LogP contribution < -0.4 is 0 Å². The first kappa shape index (κ1) is 11.6. The average molecular weight is 256 g/mol. The van der Waals surface area contributed by atoms with Crippen molar-refractivity contribution in [2.45, 2.75) is 32.1 Å². The summed E-state index contributed by atoms with van der Waals surface area (Å²) in [5, 5.41) is 0. The summed E-state index contributed by atoms with van der Waals surface area (Å²) in [5.74, 6) is 0.754. The normalized spacial score (nSPS) is 15.4.